The molecule has 4 atom stereocenters. The van der Waals surface area contributed by atoms with Gasteiger partial charge in [-0.3, -0.25) is 9.89 Å². The highest BCUT2D eigenvalue weighted by atomic mass is 16.5. The molecule has 2 rings (SSSR count). The van der Waals surface area contributed by atoms with E-state index < -0.39 is 0 Å². The van der Waals surface area contributed by atoms with Gasteiger partial charge >= 0.3 is 0 Å². The Bertz CT molecular complexity index is 334. The first-order chi connectivity index (χ1) is 9.60. The molecule has 0 spiro atoms. The second-order valence-electron chi connectivity index (χ2n) is 6.18. The van der Waals surface area contributed by atoms with Crippen molar-refractivity contribution >= 4 is 5.96 Å². The lowest BCUT2D eigenvalue weighted by molar-refractivity contribution is 0.0570. The number of hydrogen-bond acceptors (Lipinski definition) is 3. The van der Waals surface area contributed by atoms with E-state index >= 15 is 0 Å². The van der Waals surface area contributed by atoms with Crippen LogP contribution in [0.3, 0.4) is 0 Å². The lowest BCUT2D eigenvalue weighted by Gasteiger charge is -2.23. The summed E-state index contributed by atoms with van der Waals surface area (Å²) in [6.45, 7) is 10.5. The molecule has 0 aliphatic carbocycles. The summed E-state index contributed by atoms with van der Waals surface area (Å²) in [6, 6.07) is 0.613. The third-order valence-electron chi connectivity index (χ3n) is 4.67. The first-order valence-corrected chi connectivity index (χ1v) is 8.03. The average Bonchev–Trinajstić information content (AvgIpc) is 2.99. The number of nitrogens with two attached hydrogens (primary N) is 1. The number of hydrogen-bond donors (Lipinski definition) is 2. The van der Waals surface area contributed by atoms with Crippen LogP contribution in [0.15, 0.2) is 4.99 Å². The van der Waals surface area contributed by atoms with E-state index in [1.54, 1.807) is 0 Å². The number of nitrogens with one attached hydrogen (secondary N) is 1. The molecule has 2 aliphatic heterocycles. The summed E-state index contributed by atoms with van der Waals surface area (Å²) in [7, 11) is 0. The van der Waals surface area contributed by atoms with Gasteiger partial charge in [-0.25, -0.2) is 0 Å². The van der Waals surface area contributed by atoms with E-state index in [1.807, 2.05) is 0 Å². The van der Waals surface area contributed by atoms with Crippen LogP contribution in [0, 0.1) is 5.92 Å². The number of rotatable bonds is 5. The largest absolute Gasteiger partial charge is 0.375 e. The molecule has 0 radical (unpaired) electrons. The van der Waals surface area contributed by atoms with Crippen molar-refractivity contribution in [1.82, 2.24) is 10.2 Å². The van der Waals surface area contributed by atoms with E-state index in [-0.39, 0.29) is 0 Å². The average molecular weight is 282 g/mol. The van der Waals surface area contributed by atoms with Crippen LogP contribution < -0.4 is 11.1 Å². The predicted octanol–water partition coefficient (Wildman–Crippen LogP) is 1.19. The van der Waals surface area contributed by atoms with Crippen LogP contribution in [0.5, 0.6) is 0 Å². The fraction of sp³-hybridized carbons (Fsp3) is 0.933. The fourth-order valence-corrected chi connectivity index (χ4v) is 3.41. The SMILES string of the molecule is CCN1CCCC1CNC(N)=NCC1CC(C)OC1C. The van der Waals surface area contributed by atoms with Crippen molar-refractivity contribution < 1.29 is 4.74 Å². The molecule has 20 heavy (non-hydrogen) atoms. The van der Waals surface area contributed by atoms with E-state index in [0.29, 0.717) is 30.1 Å². The molecule has 3 N–H and O–H groups in total. The molecule has 0 saturated carbocycles. The highest BCUT2D eigenvalue weighted by Crippen LogP contribution is 2.25. The van der Waals surface area contributed by atoms with Crippen molar-refractivity contribution in [3.63, 3.8) is 0 Å². The van der Waals surface area contributed by atoms with Crippen LogP contribution >= 0.6 is 0 Å². The van der Waals surface area contributed by atoms with Gasteiger partial charge in [0.2, 0.25) is 0 Å². The van der Waals surface area contributed by atoms with Crippen molar-refractivity contribution in [3.05, 3.63) is 0 Å². The molecule has 5 heteroatoms. The summed E-state index contributed by atoms with van der Waals surface area (Å²) >= 11 is 0. The zero-order valence-electron chi connectivity index (χ0n) is 13.1. The normalized spacial score (nSPS) is 35.6. The fourth-order valence-electron chi connectivity index (χ4n) is 3.41. The Morgan fingerprint density at radius 2 is 2.25 bits per heavy atom. The molecule has 0 aromatic carbocycles. The minimum Gasteiger partial charge on any atom is -0.375 e. The first-order valence-electron chi connectivity index (χ1n) is 8.03. The molecule has 0 bridgehead atoms. The van der Waals surface area contributed by atoms with Crippen LogP contribution in [0.2, 0.25) is 0 Å². The van der Waals surface area contributed by atoms with Crippen LogP contribution in [-0.2, 0) is 4.74 Å². The molecular formula is C15H30N4O. The van der Waals surface area contributed by atoms with Gasteiger partial charge in [0.1, 0.15) is 0 Å². The van der Waals surface area contributed by atoms with Gasteiger partial charge in [0.15, 0.2) is 5.96 Å². The molecule has 5 nitrogen and oxygen atoms in total. The maximum absolute atomic E-state index is 5.98. The molecule has 0 aromatic rings. The summed E-state index contributed by atoms with van der Waals surface area (Å²) in [5, 5.41) is 3.28. The highest BCUT2D eigenvalue weighted by Gasteiger charge is 2.29. The zero-order valence-corrected chi connectivity index (χ0v) is 13.1. The summed E-state index contributed by atoms with van der Waals surface area (Å²) in [4.78, 5) is 7.00. The number of ether oxygens (including phenoxy) is 1. The Morgan fingerprint density at radius 3 is 2.90 bits per heavy atom. The van der Waals surface area contributed by atoms with Gasteiger partial charge in [-0.2, -0.15) is 0 Å². The summed E-state index contributed by atoms with van der Waals surface area (Å²) in [5.41, 5.74) is 5.98. The van der Waals surface area contributed by atoms with Crippen molar-refractivity contribution in [2.24, 2.45) is 16.6 Å². The minimum absolute atomic E-state index is 0.298. The Balaban J connectivity index is 1.71. The smallest absolute Gasteiger partial charge is 0.188 e. The quantitative estimate of drug-likeness (QED) is 0.587. The summed E-state index contributed by atoms with van der Waals surface area (Å²) < 4.78 is 5.74. The van der Waals surface area contributed by atoms with Crippen molar-refractivity contribution in [2.45, 2.75) is 58.3 Å². The maximum Gasteiger partial charge on any atom is 0.188 e. The van der Waals surface area contributed by atoms with Crippen LogP contribution in [-0.4, -0.2) is 55.3 Å². The van der Waals surface area contributed by atoms with Crippen molar-refractivity contribution in [2.75, 3.05) is 26.2 Å². The monoisotopic (exact) mass is 282 g/mol. The number of likely N-dealkylation sites (tertiary alicyclic amines) is 1. The summed E-state index contributed by atoms with van der Waals surface area (Å²) in [6.07, 6.45) is 4.30. The minimum atomic E-state index is 0.298. The molecule has 2 saturated heterocycles. The number of guanidine groups is 1. The van der Waals surface area contributed by atoms with Gasteiger partial charge in [0, 0.05) is 25.0 Å². The topological polar surface area (TPSA) is 62.9 Å². The van der Waals surface area contributed by atoms with E-state index in [1.165, 1.54) is 19.4 Å². The number of nitrogens with zero attached hydrogens (tertiary/aromatic N) is 2. The molecule has 116 valence electrons. The van der Waals surface area contributed by atoms with Crippen LogP contribution in [0.25, 0.3) is 0 Å². The molecular weight excluding hydrogens is 252 g/mol. The van der Waals surface area contributed by atoms with Gasteiger partial charge in [0.05, 0.1) is 12.2 Å². The van der Waals surface area contributed by atoms with E-state index in [9.17, 15) is 0 Å². The van der Waals surface area contributed by atoms with Crippen LogP contribution in [0.1, 0.15) is 40.0 Å². The third kappa shape index (κ3) is 4.09. The lowest BCUT2D eigenvalue weighted by Crippen LogP contribution is -2.43. The maximum atomic E-state index is 5.98. The van der Waals surface area contributed by atoms with Gasteiger partial charge in [-0.15, -0.1) is 0 Å². The third-order valence-corrected chi connectivity index (χ3v) is 4.67. The zero-order chi connectivity index (χ0) is 14.5. The van der Waals surface area contributed by atoms with Crippen LogP contribution in [0.4, 0.5) is 0 Å². The second-order valence-corrected chi connectivity index (χ2v) is 6.18. The second kappa shape index (κ2) is 7.27. The number of likely N-dealkylation sites (N-methyl/N-ethyl adjacent to an activating group) is 1. The van der Waals surface area contributed by atoms with E-state index in [4.69, 9.17) is 10.5 Å². The Labute approximate surface area is 122 Å². The van der Waals surface area contributed by atoms with E-state index in [0.717, 1.165) is 26.1 Å². The standard InChI is InChI=1S/C15H30N4O/c1-4-19-7-5-6-14(19)10-18-15(16)17-9-13-8-11(2)20-12(13)3/h11-14H,4-10H2,1-3H3,(H3,16,17,18). The predicted molar refractivity (Wildman–Crippen MR) is 82.9 cm³/mol. The molecule has 2 aliphatic rings. The van der Waals surface area contributed by atoms with Gasteiger partial charge in [-0.05, 0) is 46.2 Å². The molecule has 4 unspecified atom stereocenters. The van der Waals surface area contributed by atoms with Crippen molar-refractivity contribution in [3.8, 4) is 0 Å². The Kier molecular flexibility index (Phi) is 5.66. The molecule has 0 amide bonds. The Hall–Kier alpha value is -0.810. The van der Waals surface area contributed by atoms with Crippen molar-refractivity contribution in [1.29, 1.82) is 0 Å². The number of aliphatic imine (C=N–C) groups is 1. The lowest BCUT2D eigenvalue weighted by atomic mass is 10.0. The van der Waals surface area contributed by atoms with Gasteiger partial charge in [-0.1, -0.05) is 6.92 Å². The van der Waals surface area contributed by atoms with Gasteiger partial charge < -0.3 is 15.8 Å². The summed E-state index contributed by atoms with van der Waals surface area (Å²) in [5.74, 6) is 1.09. The first kappa shape index (κ1) is 15.6. The highest BCUT2D eigenvalue weighted by molar-refractivity contribution is 5.77. The molecule has 0 aromatic heterocycles. The molecule has 2 fully saturated rings. The van der Waals surface area contributed by atoms with E-state index in [2.05, 4.69) is 36.0 Å². The molecule has 2 heterocycles. The Morgan fingerprint density at radius 1 is 1.45 bits per heavy atom. The van der Waals surface area contributed by atoms with Gasteiger partial charge in [0.25, 0.3) is 0 Å².